The molecule has 1 aliphatic rings. The third-order valence-electron chi connectivity index (χ3n) is 4.17. The van der Waals surface area contributed by atoms with Crippen molar-refractivity contribution in [2.45, 2.75) is 13.0 Å². The summed E-state index contributed by atoms with van der Waals surface area (Å²) in [7, 11) is 0. The molecule has 1 amide bonds. The molecule has 1 aliphatic heterocycles. The highest BCUT2D eigenvalue weighted by molar-refractivity contribution is 5.77. The van der Waals surface area contributed by atoms with Crippen LogP contribution in [0.2, 0.25) is 0 Å². The zero-order valence-corrected chi connectivity index (χ0v) is 13.0. The number of carbonyl (C=O) groups is 1. The highest BCUT2D eigenvalue weighted by Gasteiger charge is 2.18. The minimum atomic E-state index is -0.259. The summed E-state index contributed by atoms with van der Waals surface area (Å²) in [6.45, 7) is 4.90. The molecule has 1 saturated heterocycles. The standard InChI is InChI=1S/C16H21N5O2/c17-14(22)5-6-20-7-9-21(10-8-20)11-15-18-13-4-2-1-3-12(13)16(23)19-15/h1-4H,5-11H2,(H2,17,22)(H,18,19,23). The Hall–Kier alpha value is -2.25. The predicted octanol–water partition coefficient (Wildman–Crippen LogP) is -0.0839. The van der Waals surface area contributed by atoms with Crippen molar-refractivity contribution in [1.29, 1.82) is 0 Å². The smallest absolute Gasteiger partial charge is 0.258 e. The minimum Gasteiger partial charge on any atom is -0.370 e. The molecule has 3 N–H and O–H groups in total. The van der Waals surface area contributed by atoms with Gasteiger partial charge in [0.2, 0.25) is 5.91 Å². The van der Waals surface area contributed by atoms with E-state index in [1.807, 2.05) is 18.2 Å². The van der Waals surface area contributed by atoms with Gasteiger partial charge in [-0.15, -0.1) is 0 Å². The van der Waals surface area contributed by atoms with E-state index in [2.05, 4.69) is 19.8 Å². The molecule has 0 aliphatic carbocycles. The van der Waals surface area contributed by atoms with Crippen LogP contribution in [0.5, 0.6) is 0 Å². The Morgan fingerprint density at radius 1 is 1.17 bits per heavy atom. The van der Waals surface area contributed by atoms with Gasteiger partial charge in [-0.2, -0.15) is 0 Å². The van der Waals surface area contributed by atoms with Crippen LogP contribution in [0.15, 0.2) is 29.1 Å². The van der Waals surface area contributed by atoms with Crippen molar-refractivity contribution in [1.82, 2.24) is 19.8 Å². The van der Waals surface area contributed by atoms with Gasteiger partial charge in [-0.3, -0.25) is 14.5 Å². The van der Waals surface area contributed by atoms with E-state index in [4.69, 9.17) is 5.73 Å². The van der Waals surface area contributed by atoms with Crippen molar-refractivity contribution >= 4 is 16.8 Å². The molecule has 2 heterocycles. The van der Waals surface area contributed by atoms with Crippen molar-refractivity contribution in [3.8, 4) is 0 Å². The second-order valence-electron chi connectivity index (χ2n) is 5.86. The van der Waals surface area contributed by atoms with E-state index in [9.17, 15) is 9.59 Å². The molecule has 2 aromatic rings. The molecule has 3 rings (SSSR count). The van der Waals surface area contributed by atoms with Gasteiger partial charge in [0.1, 0.15) is 5.82 Å². The topological polar surface area (TPSA) is 95.3 Å². The average Bonchev–Trinajstić information content (AvgIpc) is 2.54. The molecule has 1 fully saturated rings. The number of para-hydroxylation sites is 1. The lowest BCUT2D eigenvalue weighted by Crippen LogP contribution is -2.46. The molecule has 122 valence electrons. The molecule has 1 aromatic carbocycles. The van der Waals surface area contributed by atoms with Crippen molar-refractivity contribution in [2.24, 2.45) is 5.73 Å². The Labute approximate surface area is 134 Å². The summed E-state index contributed by atoms with van der Waals surface area (Å²) in [5.74, 6) is 0.435. The quantitative estimate of drug-likeness (QED) is 0.804. The second kappa shape index (κ2) is 6.89. The summed E-state index contributed by atoms with van der Waals surface area (Å²) in [5, 5.41) is 0.618. The Balaban J connectivity index is 1.61. The Kier molecular flexibility index (Phi) is 4.68. The first kappa shape index (κ1) is 15.6. The molecule has 7 nitrogen and oxygen atoms in total. The summed E-state index contributed by atoms with van der Waals surface area (Å²) in [5.41, 5.74) is 5.82. The van der Waals surface area contributed by atoms with E-state index in [0.29, 0.717) is 30.7 Å². The fourth-order valence-corrected chi connectivity index (χ4v) is 2.86. The average molecular weight is 315 g/mol. The van der Waals surface area contributed by atoms with E-state index < -0.39 is 0 Å². The number of benzene rings is 1. The number of nitrogens with zero attached hydrogens (tertiary/aromatic N) is 3. The number of nitrogens with one attached hydrogen (secondary N) is 1. The van der Waals surface area contributed by atoms with Crippen molar-refractivity contribution < 1.29 is 4.79 Å². The van der Waals surface area contributed by atoms with Crippen molar-refractivity contribution in [3.63, 3.8) is 0 Å². The Morgan fingerprint density at radius 3 is 2.61 bits per heavy atom. The summed E-state index contributed by atoms with van der Waals surface area (Å²) < 4.78 is 0. The van der Waals surface area contributed by atoms with Gasteiger partial charge >= 0.3 is 0 Å². The molecule has 0 spiro atoms. The molecule has 0 saturated carbocycles. The van der Waals surface area contributed by atoms with Crippen molar-refractivity contribution in [3.05, 3.63) is 40.4 Å². The monoisotopic (exact) mass is 315 g/mol. The zero-order valence-electron chi connectivity index (χ0n) is 13.0. The normalized spacial score (nSPS) is 16.7. The van der Waals surface area contributed by atoms with Crippen LogP contribution in [0.3, 0.4) is 0 Å². The number of fused-ring (bicyclic) bond motifs is 1. The first-order chi connectivity index (χ1) is 11.1. The lowest BCUT2D eigenvalue weighted by Gasteiger charge is -2.34. The number of aromatic amines is 1. The highest BCUT2D eigenvalue weighted by atomic mass is 16.1. The predicted molar refractivity (Wildman–Crippen MR) is 87.9 cm³/mol. The first-order valence-corrected chi connectivity index (χ1v) is 7.83. The van der Waals surface area contributed by atoms with Crippen LogP contribution in [0.1, 0.15) is 12.2 Å². The Bertz CT molecular complexity index is 749. The SMILES string of the molecule is NC(=O)CCN1CCN(Cc2nc3ccccc3c(=O)[nH]2)CC1. The van der Waals surface area contributed by atoms with Crippen LogP contribution in [0.25, 0.3) is 10.9 Å². The number of carbonyl (C=O) groups excluding carboxylic acids is 1. The largest absolute Gasteiger partial charge is 0.370 e. The van der Waals surface area contributed by atoms with E-state index >= 15 is 0 Å². The molecule has 0 radical (unpaired) electrons. The molecule has 7 heteroatoms. The Morgan fingerprint density at radius 2 is 1.87 bits per heavy atom. The van der Waals surface area contributed by atoms with Gasteiger partial charge in [0.15, 0.2) is 0 Å². The molecule has 23 heavy (non-hydrogen) atoms. The molecular formula is C16H21N5O2. The third-order valence-corrected chi connectivity index (χ3v) is 4.17. The van der Waals surface area contributed by atoms with Gasteiger partial charge in [-0.05, 0) is 12.1 Å². The van der Waals surface area contributed by atoms with E-state index in [-0.39, 0.29) is 11.5 Å². The van der Waals surface area contributed by atoms with Gasteiger partial charge in [0, 0.05) is 39.1 Å². The molecule has 1 aromatic heterocycles. The summed E-state index contributed by atoms with van der Waals surface area (Å²) in [6.07, 6.45) is 0.402. The van der Waals surface area contributed by atoms with Crippen LogP contribution < -0.4 is 11.3 Å². The lowest BCUT2D eigenvalue weighted by molar-refractivity contribution is -0.118. The minimum absolute atomic E-state index is 0.0919. The van der Waals surface area contributed by atoms with Crippen LogP contribution >= 0.6 is 0 Å². The van der Waals surface area contributed by atoms with E-state index in [1.54, 1.807) is 6.07 Å². The first-order valence-electron chi connectivity index (χ1n) is 7.83. The number of nitrogens with two attached hydrogens (primary N) is 1. The van der Waals surface area contributed by atoms with Crippen molar-refractivity contribution in [2.75, 3.05) is 32.7 Å². The molecule has 0 atom stereocenters. The number of piperazine rings is 1. The maximum atomic E-state index is 12.1. The maximum absolute atomic E-state index is 12.1. The zero-order chi connectivity index (χ0) is 16.2. The number of aromatic nitrogens is 2. The molecular weight excluding hydrogens is 294 g/mol. The van der Waals surface area contributed by atoms with Crippen LogP contribution in [-0.2, 0) is 11.3 Å². The maximum Gasteiger partial charge on any atom is 0.258 e. The molecule has 0 unspecified atom stereocenters. The number of H-pyrrole nitrogens is 1. The highest BCUT2D eigenvalue weighted by Crippen LogP contribution is 2.09. The third kappa shape index (κ3) is 3.94. The van der Waals surface area contributed by atoms with Gasteiger partial charge in [0.05, 0.1) is 17.4 Å². The van der Waals surface area contributed by atoms with Gasteiger partial charge in [-0.1, -0.05) is 12.1 Å². The van der Waals surface area contributed by atoms with Gasteiger partial charge in [0.25, 0.3) is 5.56 Å². The number of rotatable bonds is 5. The second-order valence-corrected chi connectivity index (χ2v) is 5.86. The van der Waals surface area contributed by atoms with Crippen LogP contribution in [0.4, 0.5) is 0 Å². The number of amides is 1. The van der Waals surface area contributed by atoms with Gasteiger partial charge in [-0.25, -0.2) is 4.98 Å². The fourth-order valence-electron chi connectivity index (χ4n) is 2.86. The number of hydrogen-bond donors (Lipinski definition) is 2. The lowest BCUT2D eigenvalue weighted by atomic mass is 10.2. The number of primary amides is 1. The summed E-state index contributed by atoms with van der Waals surface area (Å²) >= 11 is 0. The molecule has 0 bridgehead atoms. The van der Waals surface area contributed by atoms with E-state index in [1.165, 1.54) is 0 Å². The summed E-state index contributed by atoms with van der Waals surface area (Å²) in [6, 6.07) is 7.36. The fraction of sp³-hybridized carbons (Fsp3) is 0.438. The summed E-state index contributed by atoms with van der Waals surface area (Å²) in [4.78, 5) is 34.8. The van der Waals surface area contributed by atoms with E-state index in [0.717, 1.165) is 31.7 Å². The number of hydrogen-bond acceptors (Lipinski definition) is 5. The van der Waals surface area contributed by atoms with Gasteiger partial charge < -0.3 is 15.6 Å². The van der Waals surface area contributed by atoms with Crippen LogP contribution in [-0.4, -0.2) is 58.4 Å². The van der Waals surface area contributed by atoms with Crippen LogP contribution in [0, 0.1) is 0 Å².